The molecule has 0 bridgehead atoms. The molecule has 0 radical (unpaired) electrons. The van der Waals surface area contributed by atoms with Gasteiger partial charge in [0.15, 0.2) is 11.5 Å². The van der Waals surface area contributed by atoms with Gasteiger partial charge in [-0.15, -0.1) is 0 Å². The maximum atomic E-state index is 6.52. The minimum absolute atomic E-state index is 0.0143. The van der Waals surface area contributed by atoms with E-state index in [1.807, 2.05) is 6.07 Å². The molecular formula is C15H20ClNO2. The highest BCUT2D eigenvalue weighted by molar-refractivity contribution is 6.31. The summed E-state index contributed by atoms with van der Waals surface area (Å²) in [7, 11) is 0. The van der Waals surface area contributed by atoms with E-state index in [1.165, 1.54) is 24.8 Å². The number of hydrogen-bond acceptors (Lipinski definition) is 3. The predicted molar refractivity (Wildman–Crippen MR) is 76.1 cm³/mol. The second-order valence-corrected chi connectivity index (χ2v) is 6.04. The highest BCUT2D eigenvalue weighted by Crippen LogP contribution is 2.49. The lowest BCUT2D eigenvalue weighted by molar-refractivity contribution is 0.173. The van der Waals surface area contributed by atoms with Crippen LogP contribution < -0.4 is 15.2 Å². The van der Waals surface area contributed by atoms with Gasteiger partial charge in [-0.3, -0.25) is 0 Å². The summed E-state index contributed by atoms with van der Waals surface area (Å²) in [6.07, 6.45) is 5.97. The summed E-state index contributed by atoms with van der Waals surface area (Å²) < 4.78 is 11.0. The second-order valence-electron chi connectivity index (χ2n) is 5.64. The Labute approximate surface area is 119 Å². The fraction of sp³-hybridized carbons (Fsp3) is 0.600. The van der Waals surface area contributed by atoms with Crippen LogP contribution in [0.25, 0.3) is 0 Å². The van der Waals surface area contributed by atoms with Gasteiger partial charge in [0, 0.05) is 28.6 Å². The average molecular weight is 282 g/mol. The van der Waals surface area contributed by atoms with Crippen LogP contribution in [0.15, 0.2) is 6.07 Å². The van der Waals surface area contributed by atoms with E-state index in [0.717, 1.165) is 34.9 Å². The van der Waals surface area contributed by atoms with Crippen molar-refractivity contribution in [3.05, 3.63) is 22.2 Å². The highest BCUT2D eigenvalue weighted by atomic mass is 35.5. The monoisotopic (exact) mass is 281 g/mol. The van der Waals surface area contributed by atoms with Crippen molar-refractivity contribution < 1.29 is 9.47 Å². The van der Waals surface area contributed by atoms with E-state index in [-0.39, 0.29) is 12.2 Å². The van der Waals surface area contributed by atoms with Crippen LogP contribution in [0.2, 0.25) is 5.02 Å². The smallest absolute Gasteiger partial charge is 0.231 e. The third-order valence-electron chi connectivity index (χ3n) is 4.59. The third-order valence-corrected chi connectivity index (χ3v) is 4.88. The Balaban J connectivity index is 2.13. The zero-order valence-electron chi connectivity index (χ0n) is 11.3. The fourth-order valence-corrected chi connectivity index (χ4v) is 4.05. The molecule has 0 aromatic heterocycles. The minimum Gasteiger partial charge on any atom is -0.454 e. The zero-order chi connectivity index (χ0) is 13.5. The van der Waals surface area contributed by atoms with Crippen LogP contribution >= 0.6 is 11.6 Å². The van der Waals surface area contributed by atoms with Gasteiger partial charge in [-0.25, -0.2) is 0 Å². The molecule has 3 rings (SSSR count). The molecule has 1 fully saturated rings. The number of rotatable bonds is 2. The molecule has 1 aromatic rings. The highest BCUT2D eigenvalue weighted by Gasteiger charge is 2.37. The lowest BCUT2D eigenvalue weighted by Crippen LogP contribution is -2.38. The van der Waals surface area contributed by atoms with E-state index in [1.54, 1.807) is 0 Å². The maximum absolute atomic E-state index is 6.52. The van der Waals surface area contributed by atoms with Crippen molar-refractivity contribution in [3.63, 3.8) is 0 Å². The molecule has 104 valence electrons. The van der Waals surface area contributed by atoms with Gasteiger partial charge in [-0.05, 0) is 25.3 Å². The lowest BCUT2D eigenvalue weighted by Gasteiger charge is -2.38. The first-order valence-electron chi connectivity index (χ1n) is 6.97. The first-order chi connectivity index (χ1) is 9.18. The predicted octanol–water partition coefficient (Wildman–Crippen LogP) is 3.54. The Kier molecular flexibility index (Phi) is 3.35. The Bertz CT molecular complexity index is 495. The normalized spacial score (nSPS) is 20.6. The largest absolute Gasteiger partial charge is 0.454 e. The molecule has 0 atom stereocenters. The Hall–Kier alpha value is -0.930. The molecule has 3 nitrogen and oxygen atoms in total. The fourth-order valence-electron chi connectivity index (χ4n) is 3.60. The Morgan fingerprint density at radius 1 is 1.26 bits per heavy atom. The summed E-state index contributed by atoms with van der Waals surface area (Å²) in [5.74, 6) is 1.60. The van der Waals surface area contributed by atoms with E-state index in [4.69, 9.17) is 26.8 Å². The molecular weight excluding hydrogens is 262 g/mol. The van der Waals surface area contributed by atoms with Gasteiger partial charge in [0.05, 0.1) is 0 Å². The molecule has 0 saturated heterocycles. The van der Waals surface area contributed by atoms with Crippen molar-refractivity contribution in [1.82, 2.24) is 0 Å². The van der Waals surface area contributed by atoms with Crippen LogP contribution in [-0.4, -0.2) is 13.3 Å². The van der Waals surface area contributed by atoms with Gasteiger partial charge < -0.3 is 15.2 Å². The van der Waals surface area contributed by atoms with Crippen molar-refractivity contribution in [2.24, 2.45) is 5.73 Å². The van der Waals surface area contributed by atoms with Crippen molar-refractivity contribution in [1.29, 1.82) is 0 Å². The average Bonchev–Trinajstić information content (AvgIpc) is 2.88. The number of fused-ring (bicyclic) bond motifs is 1. The first-order valence-corrected chi connectivity index (χ1v) is 7.35. The quantitative estimate of drug-likeness (QED) is 0.902. The van der Waals surface area contributed by atoms with Gasteiger partial charge in [-0.2, -0.15) is 0 Å². The zero-order valence-corrected chi connectivity index (χ0v) is 12.1. The SMILES string of the molecule is Cc1c2c(cc(Cl)c1C1(CN)CCCCC1)OCO2. The third kappa shape index (κ3) is 2.00. The van der Waals surface area contributed by atoms with E-state index >= 15 is 0 Å². The molecule has 1 heterocycles. The van der Waals surface area contributed by atoms with Crippen LogP contribution in [0.1, 0.15) is 43.2 Å². The van der Waals surface area contributed by atoms with Crippen LogP contribution in [0.3, 0.4) is 0 Å². The summed E-state index contributed by atoms with van der Waals surface area (Å²) in [6, 6.07) is 1.89. The molecule has 0 spiro atoms. The Morgan fingerprint density at radius 2 is 2.00 bits per heavy atom. The standard InChI is InChI=1S/C15H20ClNO2/c1-10-13(15(8-17)5-3-2-4-6-15)11(16)7-12-14(10)19-9-18-12/h7H,2-6,8-9,17H2,1H3. The molecule has 1 aromatic carbocycles. The molecule has 19 heavy (non-hydrogen) atoms. The summed E-state index contributed by atoms with van der Waals surface area (Å²) in [5, 5.41) is 0.772. The molecule has 0 unspecified atom stereocenters. The van der Waals surface area contributed by atoms with E-state index in [2.05, 4.69) is 6.92 Å². The molecule has 2 aliphatic rings. The number of hydrogen-bond donors (Lipinski definition) is 1. The molecule has 1 saturated carbocycles. The Morgan fingerprint density at radius 3 is 2.68 bits per heavy atom. The van der Waals surface area contributed by atoms with Crippen LogP contribution in [-0.2, 0) is 5.41 Å². The topological polar surface area (TPSA) is 44.5 Å². The van der Waals surface area contributed by atoms with E-state index < -0.39 is 0 Å². The van der Waals surface area contributed by atoms with Crippen molar-refractivity contribution in [2.75, 3.05) is 13.3 Å². The first kappa shape index (κ1) is 13.1. The summed E-state index contributed by atoms with van der Waals surface area (Å²) >= 11 is 6.52. The number of ether oxygens (including phenoxy) is 2. The van der Waals surface area contributed by atoms with Crippen LogP contribution in [0.4, 0.5) is 0 Å². The summed E-state index contributed by atoms with van der Waals surface area (Å²) in [5.41, 5.74) is 8.42. The molecule has 4 heteroatoms. The van der Waals surface area contributed by atoms with Gasteiger partial charge >= 0.3 is 0 Å². The van der Waals surface area contributed by atoms with Crippen molar-refractivity contribution >= 4 is 11.6 Å². The molecule has 1 aliphatic heterocycles. The summed E-state index contributed by atoms with van der Waals surface area (Å²) in [6.45, 7) is 3.00. The molecule has 0 amide bonds. The number of benzene rings is 1. The van der Waals surface area contributed by atoms with Gasteiger partial charge in [0.25, 0.3) is 0 Å². The van der Waals surface area contributed by atoms with Gasteiger partial charge in [-0.1, -0.05) is 30.9 Å². The van der Waals surface area contributed by atoms with Gasteiger partial charge in [0.2, 0.25) is 6.79 Å². The maximum Gasteiger partial charge on any atom is 0.231 e. The van der Waals surface area contributed by atoms with E-state index in [9.17, 15) is 0 Å². The van der Waals surface area contributed by atoms with Crippen LogP contribution in [0.5, 0.6) is 11.5 Å². The lowest BCUT2D eigenvalue weighted by atomic mass is 9.68. The van der Waals surface area contributed by atoms with E-state index in [0.29, 0.717) is 6.54 Å². The number of halogens is 1. The summed E-state index contributed by atoms with van der Waals surface area (Å²) in [4.78, 5) is 0. The van der Waals surface area contributed by atoms with Gasteiger partial charge in [0.1, 0.15) is 0 Å². The number of nitrogens with two attached hydrogens (primary N) is 1. The molecule has 1 aliphatic carbocycles. The van der Waals surface area contributed by atoms with Crippen molar-refractivity contribution in [3.8, 4) is 11.5 Å². The van der Waals surface area contributed by atoms with Crippen molar-refractivity contribution in [2.45, 2.75) is 44.4 Å². The second kappa shape index (κ2) is 4.88. The van der Waals surface area contributed by atoms with Crippen LogP contribution in [0, 0.1) is 6.92 Å². The minimum atomic E-state index is 0.0143. The molecule has 2 N–H and O–H groups in total.